The van der Waals surface area contributed by atoms with Crippen molar-refractivity contribution in [1.29, 1.82) is 0 Å². The lowest BCUT2D eigenvalue weighted by Crippen LogP contribution is -2.43. The van der Waals surface area contributed by atoms with Crippen molar-refractivity contribution in [3.8, 4) is 0 Å². The maximum absolute atomic E-state index is 5.53. The Labute approximate surface area is 83.7 Å². The van der Waals surface area contributed by atoms with Crippen LogP contribution in [0.4, 0.5) is 0 Å². The zero-order valence-corrected chi connectivity index (χ0v) is 8.15. The summed E-state index contributed by atoms with van der Waals surface area (Å²) in [6, 6.07) is 4.67. The molecule has 3 nitrogen and oxygen atoms in total. The van der Waals surface area contributed by atoms with Crippen LogP contribution in [0.3, 0.4) is 0 Å². The van der Waals surface area contributed by atoms with E-state index in [2.05, 4.69) is 16.0 Å². The van der Waals surface area contributed by atoms with E-state index < -0.39 is 0 Å². The summed E-state index contributed by atoms with van der Waals surface area (Å²) in [5.41, 5.74) is 2.64. The van der Waals surface area contributed by atoms with Gasteiger partial charge >= 0.3 is 0 Å². The van der Waals surface area contributed by atoms with Gasteiger partial charge in [-0.05, 0) is 11.6 Å². The SMILES string of the molecule is c1cnc2c(c1)C1COCCN1CC2. The van der Waals surface area contributed by atoms with Gasteiger partial charge in [-0.25, -0.2) is 0 Å². The molecule has 3 rings (SSSR count). The molecule has 1 atom stereocenters. The Morgan fingerprint density at radius 1 is 1.43 bits per heavy atom. The number of fused-ring (bicyclic) bond motifs is 3. The molecule has 1 unspecified atom stereocenters. The second-order valence-electron chi connectivity index (χ2n) is 3.92. The van der Waals surface area contributed by atoms with Crippen molar-refractivity contribution in [1.82, 2.24) is 9.88 Å². The van der Waals surface area contributed by atoms with Crippen LogP contribution in [0, 0.1) is 0 Å². The van der Waals surface area contributed by atoms with Gasteiger partial charge in [-0.1, -0.05) is 6.07 Å². The number of ether oxygens (including phenoxy) is 1. The van der Waals surface area contributed by atoms with Crippen LogP contribution < -0.4 is 0 Å². The van der Waals surface area contributed by atoms with Gasteiger partial charge in [-0.3, -0.25) is 9.88 Å². The number of morpholine rings is 1. The highest BCUT2D eigenvalue weighted by Gasteiger charge is 2.30. The Hall–Kier alpha value is -0.930. The van der Waals surface area contributed by atoms with Crippen LogP contribution in [-0.2, 0) is 11.2 Å². The molecule has 0 N–H and O–H groups in total. The Bertz CT molecular complexity index is 340. The largest absolute Gasteiger partial charge is 0.378 e. The molecule has 1 fully saturated rings. The van der Waals surface area contributed by atoms with Crippen LogP contribution in [0.1, 0.15) is 17.3 Å². The number of aromatic nitrogens is 1. The molecule has 74 valence electrons. The minimum absolute atomic E-state index is 0.459. The van der Waals surface area contributed by atoms with Gasteiger partial charge < -0.3 is 4.74 Å². The number of pyridine rings is 1. The summed E-state index contributed by atoms with van der Waals surface area (Å²) in [5.74, 6) is 0. The Kier molecular flexibility index (Phi) is 2.00. The molecular weight excluding hydrogens is 176 g/mol. The second-order valence-corrected chi connectivity index (χ2v) is 3.92. The minimum atomic E-state index is 0.459. The van der Waals surface area contributed by atoms with E-state index in [-0.39, 0.29) is 0 Å². The van der Waals surface area contributed by atoms with Crippen molar-refractivity contribution in [2.45, 2.75) is 12.5 Å². The van der Waals surface area contributed by atoms with Crippen molar-refractivity contribution in [2.75, 3.05) is 26.3 Å². The Morgan fingerprint density at radius 2 is 2.43 bits per heavy atom. The average molecular weight is 190 g/mol. The molecule has 0 radical (unpaired) electrons. The molecule has 0 aromatic carbocycles. The lowest BCUT2D eigenvalue weighted by atomic mass is 9.97. The van der Waals surface area contributed by atoms with Crippen LogP contribution in [0.15, 0.2) is 18.3 Å². The predicted molar refractivity (Wildman–Crippen MR) is 53.1 cm³/mol. The summed E-state index contributed by atoms with van der Waals surface area (Å²) in [7, 11) is 0. The van der Waals surface area contributed by atoms with Gasteiger partial charge in [0.15, 0.2) is 0 Å². The number of hydrogen-bond acceptors (Lipinski definition) is 3. The van der Waals surface area contributed by atoms with Gasteiger partial charge in [0.1, 0.15) is 0 Å². The highest BCUT2D eigenvalue weighted by atomic mass is 16.5. The zero-order valence-electron chi connectivity index (χ0n) is 8.15. The molecule has 0 saturated carbocycles. The lowest BCUT2D eigenvalue weighted by molar-refractivity contribution is -0.0133. The minimum Gasteiger partial charge on any atom is -0.378 e. The van der Waals surface area contributed by atoms with E-state index in [1.807, 2.05) is 12.3 Å². The summed E-state index contributed by atoms with van der Waals surface area (Å²) in [6.07, 6.45) is 2.98. The third-order valence-electron chi connectivity index (χ3n) is 3.16. The molecule has 14 heavy (non-hydrogen) atoms. The van der Waals surface area contributed by atoms with E-state index >= 15 is 0 Å². The summed E-state index contributed by atoms with van der Waals surface area (Å²) in [6.45, 7) is 3.92. The quantitative estimate of drug-likeness (QED) is 0.610. The fraction of sp³-hybridized carbons (Fsp3) is 0.545. The maximum atomic E-state index is 5.53. The van der Waals surface area contributed by atoms with Crippen LogP contribution in [0.2, 0.25) is 0 Å². The van der Waals surface area contributed by atoms with Crippen molar-refractivity contribution in [3.63, 3.8) is 0 Å². The van der Waals surface area contributed by atoms with Crippen molar-refractivity contribution in [3.05, 3.63) is 29.6 Å². The van der Waals surface area contributed by atoms with E-state index in [0.29, 0.717) is 6.04 Å². The average Bonchev–Trinajstić information content (AvgIpc) is 2.29. The van der Waals surface area contributed by atoms with E-state index in [0.717, 1.165) is 32.7 Å². The molecule has 2 aliphatic heterocycles. The molecule has 1 aromatic heterocycles. The first-order valence-electron chi connectivity index (χ1n) is 5.21. The van der Waals surface area contributed by atoms with Crippen molar-refractivity contribution in [2.24, 2.45) is 0 Å². The molecule has 0 aliphatic carbocycles. The first-order valence-corrected chi connectivity index (χ1v) is 5.21. The van der Waals surface area contributed by atoms with Crippen LogP contribution in [-0.4, -0.2) is 36.2 Å². The van der Waals surface area contributed by atoms with Gasteiger partial charge in [-0.15, -0.1) is 0 Å². The predicted octanol–water partition coefficient (Wildman–Crippen LogP) is 1.01. The van der Waals surface area contributed by atoms with Gasteiger partial charge in [0.25, 0.3) is 0 Å². The third-order valence-corrected chi connectivity index (χ3v) is 3.16. The van der Waals surface area contributed by atoms with E-state index in [1.54, 1.807) is 0 Å². The van der Waals surface area contributed by atoms with Gasteiger partial charge in [0.05, 0.1) is 19.3 Å². The monoisotopic (exact) mass is 190 g/mol. The van der Waals surface area contributed by atoms with E-state index in [9.17, 15) is 0 Å². The second kappa shape index (κ2) is 3.33. The molecule has 1 aromatic rings. The maximum Gasteiger partial charge on any atom is 0.0664 e. The first-order chi connectivity index (χ1) is 6.95. The smallest absolute Gasteiger partial charge is 0.0664 e. The molecule has 0 amide bonds. The molecule has 0 spiro atoms. The Morgan fingerprint density at radius 3 is 3.43 bits per heavy atom. The van der Waals surface area contributed by atoms with Crippen LogP contribution in [0.25, 0.3) is 0 Å². The topological polar surface area (TPSA) is 25.4 Å². The molecule has 3 heterocycles. The molecule has 3 heteroatoms. The van der Waals surface area contributed by atoms with Crippen LogP contribution >= 0.6 is 0 Å². The van der Waals surface area contributed by atoms with Gasteiger partial charge in [0, 0.05) is 31.4 Å². The van der Waals surface area contributed by atoms with Gasteiger partial charge in [-0.2, -0.15) is 0 Å². The number of hydrogen-bond donors (Lipinski definition) is 0. The first kappa shape index (κ1) is 8.38. The summed E-state index contributed by atoms with van der Waals surface area (Å²) >= 11 is 0. The van der Waals surface area contributed by atoms with Crippen LogP contribution in [0.5, 0.6) is 0 Å². The van der Waals surface area contributed by atoms with E-state index in [1.165, 1.54) is 11.3 Å². The highest BCUT2D eigenvalue weighted by Crippen LogP contribution is 2.30. The fourth-order valence-electron chi connectivity index (χ4n) is 2.40. The third kappa shape index (κ3) is 1.24. The summed E-state index contributed by atoms with van der Waals surface area (Å²) in [4.78, 5) is 6.94. The normalized spacial score (nSPS) is 26.7. The van der Waals surface area contributed by atoms with Crippen molar-refractivity contribution < 1.29 is 4.74 Å². The Balaban J connectivity index is 1.99. The number of rotatable bonds is 0. The summed E-state index contributed by atoms with van der Waals surface area (Å²) in [5, 5.41) is 0. The van der Waals surface area contributed by atoms with Gasteiger partial charge in [0.2, 0.25) is 0 Å². The number of nitrogens with zero attached hydrogens (tertiary/aromatic N) is 2. The van der Waals surface area contributed by atoms with Crippen molar-refractivity contribution >= 4 is 0 Å². The molecular formula is C11H14N2O. The summed E-state index contributed by atoms with van der Waals surface area (Å²) < 4.78 is 5.53. The fourth-order valence-corrected chi connectivity index (χ4v) is 2.40. The van der Waals surface area contributed by atoms with E-state index in [4.69, 9.17) is 4.74 Å². The lowest BCUT2D eigenvalue weighted by Gasteiger charge is -2.39. The standard InChI is InChI=1S/C11H14N2O/c1-2-9-10(12-4-1)3-5-13-6-7-14-8-11(9)13/h1-2,4,11H,3,5-8H2. The zero-order chi connectivity index (χ0) is 9.38. The molecule has 2 aliphatic rings. The highest BCUT2D eigenvalue weighted by molar-refractivity contribution is 5.27. The molecule has 0 bridgehead atoms. The molecule has 1 saturated heterocycles.